The molecule has 1 aliphatic rings. The largest absolute Gasteiger partial charge is 0.378 e. The first kappa shape index (κ1) is 15.0. The van der Waals surface area contributed by atoms with Crippen molar-refractivity contribution < 1.29 is 4.74 Å². The van der Waals surface area contributed by atoms with Gasteiger partial charge in [-0.25, -0.2) is 0 Å². The van der Waals surface area contributed by atoms with Gasteiger partial charge < -0.3 is 10.1 Å². The van der Waals surface area contributed by atoms with E-state index in [1.165, 1.54) is 38.5 Å². The predicted molar refractivity (Wildman–Crippen MR) is 74.3 cm³/mol. The molecule has 0 bridgehead atoms. The third kappa shape index (κ3) is 5.87. The lowest BCUT2D eigenvalue weighted by Crippen LogP contribution is -2.27. The zero-order valence-electron chi connectivity index (χ0n) is 12.2. The van der Waals surface area contributed by atoms with E-state index >= 15 is 0 Å². The van der Waals surface area contributed by atoms with Gasteiger partial charge in [0.15, 0.2) is 0 Å². The smallest absolute Gasteiger partial charge is 0.0580 e. The van der Waals surface area contributed by atoms with Gasteiger partial charge in [0.2, 0.25) is 0 Å². The van der Waals surface area contributed by atoms with Crippen LogP contribution in [0, 0.1) is 11.8 Å². The molecule has 0 radical (unpaired) electrons. The van der Waals surface area contributed by atoms with Gasteiger partial charge in [-0.1, -0.05) is 20.8 Å². The molecule has 2 nitrogen and oxygen atoms in total. The van der Waals surface area contributed by atoms with Crippen LogP contribution < -0.4 is 5.32 Å². The maximum Gasteiger partial charge on any atom is 0.0580 e. The summed E-state index contributed by atoms with van der Waals surface area (Å²) in [4.78, 5) is 0. The second-order valence-corrected chi connectivity index (χ2v) is 5.95. The Morgan fingerprint density at radius 1 is 1.18 bits per heavy atom. The first-order valence-corrected chi connectivity index (χ1v) is 7.44. The van der Waals surface area contributed by atoms with Crippen molar-refractivity contribution in [1.82, 2.24) is 5.32 Å². The van der Waals surface area contributed by atoms with Crippen molar-refractivity contribution in [1.29, 1.82) is 0 Å². The molecule has 3 atom stereocenters. The highest BCUT2D eigenvalue weighted by Crippen LogP contribution is 2.30. The molecule has 0 spiro atoms. The highest BCUT2D eigenvalue weighted by molar-refractivity contribution is 4.75. The van der Waals surface area contributed by atoms with Gasteiger partial charge in [0.05, 0.1) is 6.10 Å². The Balaban J connectivity index is 2.09. The Kier molecular flexibility index (Phi) is 7.14. The Morgan fingerprint density at radius 2 is 1.82 bits per heavy atom. The van der Waals surface area contributed by atoms with E-state index in [1.54, 1.807) is 0 Å². The van der Waals surface area contributed by atoms with Crippen LogP contribution in [0.4, 0.5) is 0 Å². The molecule has 0 heterocycles. The fourth-order valence-electron chi connectivity index (χ4n) is 3.14. The minimum atomic E-state index is 0.531. The van der Waals surface area contributed by atoms with Crippen molar-refractivity contribution in [3.8, 4) is 0 Å². The number of hydrogen-bond acceptors (Lipinski definition) is 2. The molecule has 1 aliphatic carbocycles. The van der Waals surface area contributed by atoms with Crippen LogP contribution in [0.3, 0.4) is 0 Å². The Bertz CT molecular complexity index is 181. The molecule has 1 saturated carbocycles. The molecule has 0 aromatic rings. The molecule has 0 saturated heterocycles. The van der Waals surface area contributed by atoms with Crippen LogP contribution in [0.15, 0.2) is 0 Å². The van der Waals surface area contributed by atoms with Gasteiger partial charge in [0.1, 0.15) is 0 Å². The van der Waals surface area contributed by atoms with E-state index in [-0.39, 0.29) is 0 Å². The van der Waals surface area contributed by atoms with E-state index in [0.29, 0.717) is 12.1 Å². The van der Waals surface area contributed by atoms with Crippen LogP contribution >= 0.6 is 0 Å². The van der Waals surface area contributed by atoms with E-state index < -0.39 is 0 Å². The number of rotatable bonds is 7. The van der Waals surface area contributed by atoms with E-state index in [1.807, 2.05) is 0 Å². The lowest BCUT2D eigenvalue weighted by Gasteiger charge is -2.31. The third-order valence-electron chi connectivity index (χ3n) is 4.09. The summed E-state index contributed by atoms with van der Waals surface area (Å²) in [5.74, 6) is 1.70. The van der Waals surface area contributed by atoms with Gasteiger partial charge in [-0.2, -0.15) is 0 Å². The summed E-state index contributed by atoms with van der Waals surface area (Å²) in [5.41, 5.74) is 0. The highest BCUT2D eigenvalue weighted by Gasteiger charge is 2.24. The number of hydrogen-bond donors (Lipinski definition) is 1. The van der Waals surface area contributed by atoms with E-state index in [0.717, 1.165) is 18.4 Å². The fourth-order valence-corrected chi connectivity index (χ4v) is 3.14. The first-order chi connectivity index (χ1) is 8.15. The summed E-state index contributed by atoms with van der Waals surface area (Å²) in [7, 11) is 2.06. The Morgan fingerprint density at radius 3 is 2.35 bits per heavy atom. The molecule has 17 heavy (non-hydrogen) atoms. The van der Waals surface area contributed by atoms with Crippen molar-refractivity contribution in [2.24, 2.45) is 11.8 Å². The average Bonchev–Trinajstić information content (AvgIpc) is 2.28. The second-order valence-electron chi connectivity index (χ2n) is 5.95. The summed E-state index contributed by atoms with van der Waals surface area (Å²) in [6.07, 6.45) is 8.11. The van der Waals surface area contributed by atoms with Crippen LogP contribution in [0.1, 0.15) is 59.3 Å². The molecular weight excluding hydrogens is 210 g/mol. The topological polar surface area (TPSA) is 21.3 Å². The van der Waals surface area contributed by atoms with Crippen LogP contribution in [-0.2, 0) is 4.74 Å². The quantitative estimate of drug-likeness (QED) is 0.688. The number of ether oxygens (including phenoxy) is 1. The maximum atomic E-state index is 6.04. The van der Waals surface area contributed by atoms with Crippen molar-refractivity contribution >= 4 is 0 Å². The number of nitrogens with one attached hydrogen (secondary N) is 1. The summed E-state index contributed by atoms with van der Waals surface area (Å²) in [5, 5.41) is 3.35. The van der Waals surface area contributed by atoms with Crippen molar-refractivity contribution in [3.63, 3.8) is 0 Å². The lowest BCUT2D eigenvalue weighted by atomic mass is 9.82. The molecule has 102 valence electrons. The van der Waals surface area contributed by atoms with E-state index in [9.17, 15) is 0 Å². The van der Waals surface area contributed by atoms with Gasteiger partial charge in [-0.3, -0.25) is 0 Å². The van der Waals surface area contributed by atoms with Crippen molar-refractivity contribution in [3.05, 3.63) is 0 Å². The van der Waals surface area contributed by atoms with Gasteiger partial charge >= 0.3 is 0 Å². The molecular formula is C15H31NO. The van der Waals surface area contributed by atoms with Gasteiger partial charge in [-0.05, 0) is 57.4 Å². The molecule has 2 heteroatoms. The average molecular weight is 241 g/mol. The maximum absolute atomic E-state index is 6.04. The predicted octanol–water partition coefficient (Wildman–Crippen LogP) is 3.61. The normalized spacial score (nSPS) is 31.4. The molecule has 3 unspecified atom stereocenters. The summed E-state index contributed by atoms with van der Waals surface area (Å²) < 4.78 is 6.04. The summed E-state index contributed by atoms with van der Waals surface area (Å²) >= 11 is 0. The van der Waals surface area contributed by atoms with Crippen LogP contribution in [0.2, 0.25) is 0 Å². The summed E-state index contributed by atoms with van der Waals surface area (Å²) in [6.45, 7) is 7.91. The monoisotopic (exact) mass is 241 g/mol. The summed E-state index contributed by atoms with van der Waals surface area (Å²) in [6, 6.07) is 0.669. The molecule has 1 fully saturated rings. The van der Waals surface area contributed by atoms with Crippen molar-refractivity contribution in [2.45, 2.75) is 71.4 Å². The van der Waals surface area contributed by atoms with Crippen LogP contribution in [-0.4, -0.2) is 25.8 Å². The minimum absolute atomic E-state index is 0.531. The van der Waals surface area contributed by atoms with Gasteiger partial charge in [0, 0.05) is 12.6 Å². The zero-order valence-corrected chi connectivity index (χ0v) is 12.2. The van der Waals surface area contributed by atoms with E-state index in [4.69, 9.17) is 4.74 Å². The third-order valence-corrected chi connectivity index (χ3v) is 4.09. The Labute approximate surface area is 108 Å². The van der Waals surface area contributed by atoms with E-state index in [2.05, 4.69) is 33.1 Å². The van der Waals surface area contributed by atoms with Crippen LogP contribution in [0.25, 0.3) is 0 Å². The SMILES string of the molecule is CCC(CCCOC1CC(C)CC(C)C1)NC. The van der Waals surface area contributed by atoms with Crippen LogP contribution in [0.5, 0.6) is 0 Å². The van der Waals surface area contributed by atoms with Gasteiger partial charge in [0.25, 0.3) is 0 Å². The molecule has 1 rings (SSSR count). The Hall–Kier alpha value is -0.0800. The first-order valence-electron chi connectivity index (χ1n) is 7.44. The molecule has 0 aliphatic heterocycles. The standard InChI is InChI=1S/C15H31NO/c1-5-14(16-4)7-6-8-17-15-10-12(2)9-13(3)11-15/h12-16H,5-11H2,1-4H3. The lowest BCUT2D eigenvalue weighted by molar-refractivity contribution is -0.00114. The minimum Gasteiger partial charge on any atom is -0.378 e. The second kappa shape index (κ2) is 8.10. The fraction of sp³-hybridized carbons (Fsp3) is 1.00. The molecule has 0 amide bonds. The zero-order chi connectivity index (χ0) is 12.7. The molecule has 0 aromatic carbocycles. The van der Waals surface area contributed by atoms with Crippen molar-refractivity contribution in [2.75, 3.05) is 13.7 Å². The van der Waals surface area contributed by atoms with Gasteiger partial charge in [-0.15, -0.1) is 0 Å². The molecule has 0 aromatic heterocycles. The highest BCUT2D eigenvalue weighted by atomic mass is 16.5. The molecule has 1 N–H and O–H groups in total.